The molecule has 12 heteroatoms. The van der Waals surface area contributed by atoms with Crippen molar-refractivity contribution in [3.63, 3.8) is 0 Å². The number of nitrogens with zero attached hydrogens (tertiary/aromatic N) is 4. The Kier molecular flexibility index (Phi) is 6.86. The lowest BCUT2D eigenvalue weighted by molar-refractivity contribution is 0.145. The Morgan fingerprint density at radius 2 is 1.96 bits per heavy atom. The molecule has 0 aliphatic carbocycles. The van der Waals surface area contributed by atoms with Crippen molar-refractivity contribution in [1.82, 2.24) is 18.9 Å². The third kappa shape index (κ3) is 4.90. The number of nitrogens with two attached hydrogens (primary N) is 1. The van der Waals surface area contributed by atoms with Crippen LogP contribution in [0.5, 0.6) is 0 Å². The van der Waals surface area contributed by atoms with Gasteiger partial charge in [0.05, 0.1) is 23.7 Å². The zero-order chi connectivity index (χ0) is 21.2. The van der Waals surface area contributed by atoms with E-state index in [1.807, 2.05) is 0 Å². The van der Waals surface area contributed by atoms with Crippen molar-refractivity contribution in [2.45, 2.75) is 45.2 Å². The van der Waals surface area contributed by atoms with E-state index in [4.69, 9.17) is 5.73 Å². The van der Waals surface area contributed by atoms with Gasteiger partial charge in [-0.25, -0.2) is 35.5 Å². The van der Waals surface area contributed by atoms with Gasteiger partial charge in [0.1, 0.15) is 11.7 Å². The van der Waals surface area contributed by atoms with E-state index in [0.29, 0.717) is 19.4 Å². The number of aromatic nitrogens is 3. The number of fused-ring (bicyclic) bond motifs is 1. The second-order valence-electron chi connectivity index (χ2n) is 6.84. The highest BCUT2D eigenvalue weighted by molar-refractivity contribution is 7.88. The molecule has 2 aromatic heterocycles. The number of rotatable bonds is 3. The van der Waals surface area contributed by atoms with E-state index in [9.17, 15) is 26.0 Å². The summed E-state index contributed by atoms with van der Waals surface area (Å²) in [5.41, 5.74) is 4.79. The van der Waals surface area contributed by atoms with Crippen molar-refractivity contribution in [3.05, 3.63) is 23.3 Å². The maximum Gasteiger partial charge on any atom is 0.268 e. The van der Waals surface area contributed by atoms with Gasteiger partial charge in [-0.1, -0.05) is 13.8 Å². The molecule has 0 radical (unpaired) electrons. The van der Waals surface area contributed by atoms with Gasteiger partial charge in [-0.2, -0.15) is 4.31 Å². The molecule has 2 N–H and O–H groups in total. The molecule has 1 saturated heterocycles. The van der Waals surface area contributed by atoms with E-state index in [-0.39, 0.29) is 29.6 Å². The van der Waals surface area contributed by atoms with Gasteiger partial charge in [0.15, 0.2) is 5.82 Å². The first-order valence-corrected chi connectivity index (χ1v) is 10.5. The number of sulfonamides is 1. The fourth-order valence-electron chi connectivity index (χ4n) is 3.02. The van der Waals surface area contributed by atoms with E-state index >= 15 is 0 Å². The summed E-state index contributed by atoms with van der Waals surface area (Å²) in [5.74, 6) is -1.37. The van der Waals surface area contributed by atoms with E-state index in [2.05, 4.69) is 10.1 Å². The molecule has 1 unspecified atom stereocenters. The van der Waals surface area contributed by atoms with Crippen molar-refractivity contribution in [1.29, 1.82) is 0 Å². The monoisotopic (exact) mass is 425 g/mol. The molecule has 28 heavy (non-hydrogen) atoms. The predicted molar refractivity (Wildman–Crippen MR) is 97.0 cm³/mol. The molecule has 1 atom stereocenters. The van der Waals surface area contributed by atoms with E-state index in [1.54, 1.807) is 13.8 Å². The molecule has 1 fully saturated rings. The summed E-state index contributed by atoms with van der Waals surface area (Å²) in [6.45, 7) is 3.88. The maximum absolute atomic E-state index is 13.8. The number of halogens is 4. The van der Waals surface area contributed by atoms with Crippen molar-refractivity contribution in [3.8, 4) is 0 Å². The smallest absolute Gasteiger partial charge is 0.268 e. The number of nitrogen functional groups attached to an aromatic ring is 1. The first-order chi connectivity index (χ1) is 12.9. The lowest BCUT2D eigenvalue weighted by atomic mass is 10.1. The Hall–Kier alpha value is -1.95. The second-order valence-corrected chi connectivity index (χ2v) is 8.82. The molecule has 158 valence electrons. The molecule has 0 amide bonds. The Morgan fingerprint density at radius 3 is 2.43 bits per heavy atom. The molecule has 2 aromatic rings. The number of alkyl halides is 3. The van der Waals surface area contributed by atoms with Gasteiger partial charge >= 0.3 is 0 Å². The minimum absolute atomic E-state index is 0.0405. The molecule has 1 aliphatic heterocycles. The summed E-state index contributed by atoms with van der Waals surface area (Å²) < 4.78 is 76.3. The summed E-state index contributed by atoms with van der Waals surface area (Å²) in [5, 5.41) is 3.77. The quantitative estimate of drug-likeness (QED) is 0.764. The highest BCUT2D eigenvalue weighted by Gasteiger charge is 2.28. The summed E-state index contributed by atoms with van der Waals surface area (Å²) in [6.07, 6.45) is -0.519. The summed E-state index contributed by atoms with van der Waals surface area (Å²) in [6, 6.07) is 0. The lowest BCUT2D eigenvalue weighted by Crippen LogP contribution is -2.39. The van der Waals surface area contributed by atoms with Crippen molar-refractivity contribution < 1.29 is 26.0 Å². The van der Waals surface area contributed by atoms with Crippen LogP contribution >= 0.6 is 0 Å². The fourth-order valence-corrected chi connectivity index (χ4v) is 3.91. The Bertz CT molecular complexity index is 933. The van der Waals surface area contributed by atoms with Crippen molar-refractivity contribution >= 4 is 21.5 Å². The van der Waals surface area contributed by atoms with Crippen LogP contribution in [-0.2, 0) is 10.0 Å². The highest BCUT2D eigenvalue weighted by atomic mass is 32.2. The van der Waals surface area contributed by atoms with Gasteiger partial charge in [0.25, 0.3) is 6.43 Å². The molecular formula is C16H23F4N5O2S. The fraction of sp³-hybridized carbons (Fsp3) is 0.625. The number of piperidine rings is 1. The first kappa shape index (κ1) is 22.3. The van der Waals surface area contributed by atoms with Gasteiger partial charge in [0, 0.05) is 13.1 Å². The van der Waals surface area contributed by atoms with E-state index in [1.165, 1.54) is 4.31 Å². The zero-order valence-corrected chi connectivity index (χ0v) is 16.6. The molecule has 1 aliphatic rings. The molecule has 0 spiro atoms. The summed E-state index contributed by atoms with van der Waals surface area (Å²) >= 11 is 0. The molecule has 3 rings (SSSR count). The summed E-state index contributed by atoms with van der Waals surface area (Å²) in [4.78, 5) is 3.60. The third-order valence-corrected chi connectivity index (χ3v) is 5.55. The molecule has 0 aromatic carbocycles. The lowest BCUT2D eigenvalue weighted by Gasteiger charge is -2.26. The van der Waals surface area contributed by atoms with Crippen LogP contribution in [-0.4, -0.2) is 52.8 Å². The molecule has 0 saturated carbocycles. The predicted octanol–water partition coefficient (Wildman–Crippen LogP) is 2.89. The largest absolute Gasteiger partial charge is 0.367 e. The van der Waals surface area contributed by atoms with E-state index < -0.39 is 34.0 Å². The van der Waals surface area contributed by atoms with Gasteiger partial charge in [-0.05, 0) is 18.8 Å². The topological polar surface area (TPSA) is 93.6 Å². The van der Waals surface area contributed by atoms with Gasteiger partial charge in [-0.3, -0.25) is 0 Å². The minimum Gasteiger partial charge on any atom is -0.367 e. The average molecular weight is 425 g/mol. The normalized spacial score (nSPS) is 18.5. The molecule has 7 nitrogen and oxygen atoms in total. The van der Waals surface area contributed by atoms with Gasteiger partial charge in [-0.15, -0.1) is 5.10 Å². The molecule has 3 heterocycles. The van der Waals surface area contributed by atoms with Crippen LogP contribution in [0.1, 0.15) is 50.3 Å². The van der Waals surface area contributed by atoms with Crippen LogP contribution < -0.4 is 5.73 Å². The maximum atomic E-state index is 13.8. The number of hydrogen-bond acceptors (Lipinski definition) is 5. The third-order valence-electron chi connectivity index (χ3n) is 4.28. The number of hydrogen-bond donors (Lipinski definition) is 1. The Labute approximate surface area is 160 Å². The standard InChI is InChI=1S/C10H11F3N4.C6H12FNO2S/c1-4(2)8-6(9(12)13)7(11)5-3-15-10(14)16-17(5)8;1-11(9,10)8-4-2-3-6(7)5-8/h3-4,9H,1-2H3,(H2,14,16);6H,2-5H2,1H3. The molecule has 0 bridgehead atoms. The summed E-state index contributed by atoms with van der Waals surface area (Å²) in [7, 11) is -3.17. The van der Waals surface area contributed by atoms with Crippen LogP contribution in [0.15, 0.2) is 6.20 Å². The van der Waals surface area contributed by atoms with Crippen LogP contribution in [0.4, 0.5) is 23.5 Å². The second kappa shape index (κ2) is 8.60. The van der Waals surface area contributed by atoms with E-state index in [0.717, 1.165) is 17.0 Å². The van der Waals surface area contributed by atoms with Crippen molar-refractivity contribution in [2.24, 2.45) is 0 Å². The molecular weight excluding hydrogens is 402 g/mol. The van der Waals surface area contributed by atoms with Gasteiger partial charge in [0.2, 0.25) is 16.0 Å². The van der Waals surface area contributed by atoms with Gasteiger partial charge < -0.3 is 5.73 Å². The first-order valence-electron chi connectivity index (χ1n) is 8.63. The average Bonchev–Trinajstić information content (AvgIpc) is 2.87. The zero-order valence-electron chi connectivity index (χ0n) is 15.7. The Balaban J connectivity index is 0.000000221. The van der Waals surface area contributed by atoms with Crippen LogP contribution in [0.3, 0.4) is 0 Å². The van der Waals surface area contributed by atoms with Crippen LogP contribution in [0.2, 0.25) is 0 Å². The van der Waals surface area contributed by atoms with Crippen LogP contribution in [0, 0.1) is 5.82 Å². The number of anilines is 1. The Morgan fingerprint density at radius 1 is 1.32 bits per heavy atom. The van der Waals surface area contributed by atoms with Crippen molar-refractivity contribution in [2.75, 3.05) is 25.1 Å². The SMILES string of the molecule is CC(C)c1c(C(F)F)c(F)c2cnc(N)nn12.CS(=O)(=O)N1CCCC(F)C1. The minimum atomic E-state index is -3.17. The van der Waals surface area contributed by atoms with Crippen LogP contribution in [0.25, 0.3) is 5.52 Å². The highest BCUT2D eigenvalue weighted by Crippen LogP contribution is 2.34.